The van der Waals surface area contributed by atoms with Crippen LogP contribution in [0.25, 0.3) is 0 Å². The first-order valence-corrected chi connectivity index (χ1v) is 9.95. The van der Waals surface area contributed by atoms with Crippen molar-refractivity contribution in [3.05, 3.63) is 29.8 Å². The quantitative estimate of drug-likeness (QED) is 0.805. The average Bonchev–Trinajstić information content (AvgIpc) is 2.64. The van der Waals surface area contributed by atoms with Crippen LogP contribution in [0.5, 0.6) is 0 Å². The molecule has 0 spiro atoms. The molecule has 0 radical (unpaired) electrons. The molecule has 0 atom stereocenters. The van der Waals surface area contributed by atoms with Gasteiger partial charge >= 0.3 is 0 Å². The molecule has 3 rings (SSSR count). The van der Waals surface area contributed by atoms with Crippen molar-refractivity contribution in [3.63, 3.8) is 0 Å². The molecule has 0 aromatic heterocycles. The van der Waals surface area contributed by atoms with Crippen LogP contribution in [0.4, 0.5) is 5.69 Å². The lowest BCUT2D eigenvalue weighted by atomic mass is 9.87. The zero-order valence-electron chi connectivity index (χ0n) is 15.1. The van der Waals surface area contributed by atoms with Crippen LogP contribution < -0.4 is 10.6 Å². The molecule has 1 heterocycles. The SMILES string of the molecule is Cc1ccc(NC(=S)NC2CCN(C(=O)C3CCCCC3)CC2)cc1. The van der Waals surface area contributed by atoms with Gasteiger partial charge in [0.15, 0.2) is 5.11 Å². The summed E-state index contributed by atoms with van der Waals surface area (Å²) in [5, 5.41) is 7.31. The maximum atomic E-state index is 12.6. The number of nitrogens with zero attached hydrogens (tertiary/aromatic N) is 1. The van der Waals surface area contributed by atoms with Gasteiger partial charge in [-0.3, -0.25) is 4.79 Å². The van der Waals surface area contributed by atoms with E-state index in [1.54, 1.807) is 0 Å². The van der Waals surface area contributed by atoms with Gasteiger partial charge in [0.2, 0.25) is 5.91 Å². The van der Waals surface area contributed by atoms with E-state index in [0.29, 0.717) is 17.1 Å². The fraction of sp³-hybridized carbons (Fsp3) is 0.600. The van der Waals surface area contributed by atoms with Crippen LogP contribution in [-0.4, -0.2) is 35.1 Å². The Bertz CT molecular complexity index is 587. The molecular formula is C20H29N3OS. The van der Waals surface area contributed by atoms with Crippen molar-refractivity contribution in [2.45, 2.75) is 57.9 Å². The van der Waals surface area contributed by atoms with E-state index in [1.807, 2.05) is 12.1 Å². The van der Waals surface area contributed by atoms with Crippen molar-refractivity contribution < 1.29 is 4.79 Å². The van der Waals surface area contributed by atoms with E-state index in [0.717, 1.165) is 44.5 Å². The van der Waals surface area contributed by atoms with E-state index < -0.39 is 0 Å². The molecule has 2 fully saturated rings. The van der Waals surface area contributed by atoms with Crippen LogP contribution >= 0.6 is 12.2 Å². The first kappa shape index (κ1) is 18.2. The summed E-state index contributed by atoms with van der Waals surface area (Å²) in [6, 6.07) is 8.56. The van der Waals surface area contributed by atoms with Gasteiger partial charge < -0.3 is 15.5 Å². The number of rotatable bonds is 3. The van der Waals surface area contributed by atoms with Gasteiger partial charge in [0.05, 0.1) is 0 Å². The third-order valence-electron chi connectivity index (χ3n) is 5.41. The number of carbonyl (C=O) groups excluding carboxylic acids is 1. The van der Waals surface area contributed by atoms with Gasteiger partial charge in [-0.1, -0.05) is 37.0 Å². The predicted octanol–water partition coefficient (Wildman–Crippen LogP) is 3.85. The van der Waals surface area contributed by atoms with Gasteiger partial charge in [0.1, 0.15) is 0 Å². The summed E-state index contributed by atoms with van der Waals surface area (Å²) in [7, 11) is 0. The molecule has 1 saturated carbocycles. The summed E-state index contributed by atoms with van der Waals surface area (Å²) < 4.78 is 0. The maximum absolute atomic E-state index is 12.6. The summed E-state index contributed by atoms with van der Waals surface area (Å²) in [6.45, 7) is 3.77. The maximum Gasteiger partial charge on any atom is 0.225 e. The molecule has 5 heteroatoms. The molecule has 1 aromatic carbocycles. The number of likely N-dealkylation sites (tertiary alicyclic amines) is 1. The van der Waals surface area contributed by atoms with E-state index in [1.165, 1.54) is 24.8 Å². The standard InChI is InChI=1S/C20H29N3OS/c1-15-7-9-17(10-8-15)21-20(25)22-18-11-13-23(14-12-18)19(24)16-5-3-2-4-6-16/h7-10,16,18H,2-6,11-14H2,1H3,(H2,21,22,25). The van der Waals surface area contributed by atoms with Crippen molar-refractivity contribution in [1.29, 1.82) is 0 Å². The fourth-order valence-corrected chi connectivity index (χ4v) is 4.13. The monoisotopic (exact) mass is 359 g/mol. The number of amides is 1. The lowest BCUT2D eigenvalue weighted by Crippen LogP contribution is -2.49. The second kappa shape index (κ2) is 8.65. The Morgan fingerprint density at radius 1 is 1.04 bits per heavy atom. The second-order valence-electron chi connectivity index (χ2n) is 7.40. The Morgan fingerprint density at radius 2 is 1.68 bits per heavy atom. The Hall–Kier alpha value is -1.62. The highest BCUT2D eigenvalue weighted by atomic mass is 32.1. The number of hydrogen-bond donors (Lipinski definition) is 2. The minimum atomic E-state index is 0.280. The Labute approximate surface area is 156 Å². The molecule has 25 heavy (non-hydrogen) atoms. The van der Waals surface area contributed by atoms with Crippen LogP contribution in [0.2, 0.25) is 0 Å². The molecular weight excluding hydrogens is 330 g/mol. The fourth-order valence-electron chi connectivity index (χ4n) is 3.84. The molecule has 2 aliphatic rings. The molecule has 0 unspecified atom stereocenters. The number of nitrogens with one attached hydrogen (secondary N) is 2. The third kappa shape index (κ3) is 5.18. The highest BCUT2D eigenvalue weighted by Gasteiger charge is 2.29. The average molecular weight is 360 g/mol. The number of anilines is 1. The Balaban J connectivity index is 1.41. The number of thiocarbonyl (C=S) groups is 1. The second-order valence-corrected chi connectivity index (χ2v) is 7.81. The van der Waals surface area contributed by atoms with Crippen LogP contribution in [0, 0.1) is 12.8 Å². The summed E-state index contributed by atoms with van der Waals surface area (Å²) in [6.07, 6.45) is 7.83. The van der Waals surface area contributed by atoms with Gasteiger partial charge in [-0.25, -0.2) is 0 Å². The van der Waals surface area contributed by atoms with E-state index in [-0.39, 0.29) is 5.92 Å². The van der Waals surface area contributed by atoms with Crippen molar-refractivity contribution in [2.24, 2.45) is 5.92 Å². The lowest BCUT2D eigenvalue weighted by molar-refractivity contribution is -0.137. The number of hydrogen-bond acceptors (Lipinski definition) is 2. The van der Waals surface area contributed by atoms with E-state index in [2.05, 4.69) is 34.6 Å². The summed E-state index contributed by atoms with van der Waals surface area (Å²) in [4.78, 5) is 14.7. The topological polar surface area (TPSA) is 44.4 Å². The highest BCUT2D eigenvalue weighted by molar-refractivity contribution is 7.80. The smallest absolute Gasteiger partial charge is 0.225 e. The van der Waals surface area contributed by atoms with Crippen molar-refractivity contribution >= 4 is 28.9 Å². The molecule has 4 nitrogen and oxygen atoms in total. The third-order valence-corrected chi connectivity index (χ3v) is 5.63. The largest absolute Gasteiger partial charge is 0.360 e. The van der Waals surface area contributed by atoms with Gasteiger partial charge in [-0.05, 0) is 57.0 Å². The van der Waals surface area contributed by atoms with Gasteiger partial charge in [-0.15, -0.1) is 0 Å². The molecule has 1 aliphatic heterocycles. The predicted molar refractivity (Wildman–Crippen MR) is 107 cm³/mol. The number of piperidine rings is 1. The number of carbonyl (C=O) groups is 1. The summed E-state index contributed by atoms with van der Waals surface area (Å²) in [5.74, 6) is 0.668. The highest BCUT2D eigenvalue weighted by Crippen LogP contribution is 2.26. The minimum Gasteiger partial charge on any atom is -0.360 e. The summed E-state index contributed by atoms with van der Waals surface area (Å²) >= 11 is 5.43. The molecule has 1 aliphatic carbocycles. The van der Waals surface area contributed by atoms with E-state index >= 15 is 0 Å². The van der Waals surface area contributed by atoms with Gasteiger partial charge in [0, 0.05) is 30.7 Å². The van der Waals surface area contributed by atoms with Crippen molar-refractivity contribution in [1.82, 2.24) is 10.2 Å². The zero-order valence-corrected chi connectivity index (χ0v) is 15.9. The molecule has 1 aromatic rings. The zero-order chi connectivity index (χ0) is 17.6. The lowest BCUT2D eigenvalue weighted by Gasteiger charge is -2.35. The Morgan fingerprint density at radius 3 is 2.32 bits per heavy atom. The van der Waals surface area contributed by atoms with Crippen LogP contribution in [0.3, 0.4) is 0 Å². The first-order chi connectivity index (χ1) is 12.1. The number of benzene rings is 1. The number of aryl methyl sites for hydroxylation is 1. The molecule has 1 saturated heterocycles. The van der Waals surface area contributed by atoms with Crippen molar-refractivity contribution in [2.75, 3.05) is 18.4 Å². The van der Waals surface area contributed by atoms with Gasteiger partial charge in [0.25, 0.3) is 0 Å². The molecule has 1 amide bonds. The van der Waals surface area contributed by atoms with Crippen molar-refractivity contribution in [3.8, 4) is 0 Å². The van der Waals surface area contributed by atoms with E-state index in [4.69, 9.17) is 12.2 Å². The van der Waals surface area contributed by atoms with Gasteiger partial charge in [-0.2, -0.15) is 0 Å². The molecule has 136 valence electrons. The molecule has 2 N–H and O–H groups in total. The minimum absolute atomic E-state index is 0.280. The van der Waals surface area contributed by atoms with Crippen LogP contribution in [-0.2, 0) is 4.79 Å². The normalized spacial score (nSPS) is 19.5. The Kier molecular flexibility index (Phi) is 6.29. The summed E-state index contributed by atoms with van der Waals surface area (Å²) in [5.41, 5.74) is 2.24. The first-order valence-electron chi connectivity index (χ1n) is 9.55. The van der Waals surface area contributed by atoms with Crippen LogP contribution in [0.15, 0.2) is 24.3 Å². The molecule has 0 bridgehead atoms. The van der Waals surface area contributed by atoms with E-state index in [9.17, 15) is 4.79 Å². The van der Waals surface area contributed by atoms with Crippen LogP contribution in [0.1, 0.15) is 50.5 Å².